The first kappa shape index (κ1) is 34.5. The third-order valence-electron chi connectivity index (χ3n) is 8.91. The third-order valence-corrected chi connectivity index (χ3v) is 11.4. The monoisotopic (exact) mass is 702 g/mol. The first-order valence-electron chi connectivity index (χ1n) is 15.3. The number of amides is 1. The summed E-state index contributed by atoms with van der Waals surface area (Å²) in [5, 5.41) is 2.28. The molecule has 1 aliphatic carbocycles. The van der Waals surface area contributed by atoms with Crippen LogP contribution in [0, 0.1) is 5.92 Å². The van der Waals surface area contributed by atoms with Gasteiger partial charge in [0.15, 0.2) is 9.84 Å². The van der Waals surface area contributed by atoms with Gasteiger partial charge in [-0.15, -0.1) is 0 Å². The Morgan fingerprint density at radius 3 is 2.46 bits per heavy atom. The number of benzene rings is 2. The molecule has 1 unspecified atom stereocenters. The Bertz CT molecular complexity index is 1870. The average Bonchev–Trinajstić information content (AvgIpc) is 3.43. The Morgan fingerprint density at radius 2 is 1.78 bits per heavy atom. The van der Waals surface area contributed by atoms with Crippen LogP contribution in [0.25, 0.3) is 10.9 Å². The first-order valence-corrected chi connectivity index (χ1v) is 17.7. The lowest BCUT2D eigenvalue weighted by Gasteiger charge is -2.23. The van der Waals surface area contributed by atoms with E-state index in [1.54, 1.807) is 4.90 Å². The van der Waals surface area contributed by atoms with E-state index >= 15 is 0 Å². The summed E-state index contributed by atoms with van der Waals surface area (Å²) in [6, 6.07) is 4.36. The number of alkyl halides is 3. The molecule has 0 bridgehead atoms. The quantitative estimate of drug-likeness (QED) is 0.303. The van der Waals surface area contributed by atoms with E-state index in [2.05, 4.69) is 10.3 Å². The van der Waals surface area contributed by atoms with E-state index in [0.717, 1.165) is 25.7 Å². The van der Waals surface area contributed by atoms with Crippen LogP contribution >= 0.6 is 23.2 Å². The molecule has 1 saturated carbocycles. The van der Waals surface area contributed by atoms with Gasteiger partial charge in [-0.3, -0.25) is 19.1 Å². The van der Waals surface area contributed by atoms with Gasteiger partial charge in [0.1, 0.15) is 0 Å². The molecule has 250 valence electrons. The second kappa shape index (κ2) is 13.7. The van der Waals surface area contributed by atoms with E-state index < -0.39 is 49.8 Å². The molecule has 2 heterocycles. The van der Waals surface area contributed by atoms with E-state index in [9.17, 15) is 36.0 Å². The minimum Gasteiger partial charge on any atom is -0.352 e. The van der Waals surface area contributed by atoms with E-state index in [-0.39, 0.29) is 50.8 Å². The molecular formula is C31H35Cl2F3N4O5S. The zero-order valence-corrected chi connectivity index (χ0v) is 27.5. The van der Waals surface area contributed by atoms with Gasteiger partial charge >= 0.3 is 11.9 Å². The maximum absolute atomic E-state index is 14.4. The molecule has 2 aliphatic rings. The molecule has 2 aromatic carbocycles. The molecule has 0 radical (unpaired) electrons. The van der Waals surface area contributed by atoms with Crippen LogP contribution in [0.3, 0.4) is 0 Å². The molecule has 2 fully saturated rings. The van der Waals surface area contributed by atoms with Crippen molar-refractivity contribution in [2.24, 2.45) is 5.92 Å². The summed E-state index contributed by atoms with van der Waals surface area (Å²) in [6.07, 6.45) is 1.60. The van der Waals surface area contributed by atoms with Gasteiger partial charge in [0.25, 0.3) is 5.56 Å². The molecule has 1 atom stereocenters. The number of aromatic nitrogens is 2. The van der Waals surface area contributed by atoms with Crippen molar-refractivity contribution in [1.82, 2.24) is 19.8 Å². The highest BCUT2D eigenvalue weighted by molar-refractivity contribution is 7.91. The van der Waals surface area contributed by atoms with Crippen molar-refractivity contribution in [3.63, 3.8) is 0 Å². The number of carbonyl (C=O) groups excluding carboxylic acids is 1. The van der Waals surface area contributed by atoms with Gasteiger partial charge in [0.05, 0.1) is 38.7 Å². The van der Waals surface area contributed by atoms with E-state index in [1.165, 1.54) is 31.5 Å². The number of sulfone groups is 1. The molecule has 15 heteroatoms. The van der Waals surface area contributed by atoms with Crippen molar-refractivity contribution in [2.75, 3.05) is 18.8 Å². The molecule has 3 aromatic rings. The van der Waals surface area contributed by atoms with Crippen molar-refractivity contribution in [3.05, 3.63) is 71.8 Å². The fourth-order valence-electron chi connectivity index (χ4n) is 6.50. The maximum atomic E-state index is 14.4. The third kappa shape index (κ3) is 7.48. The summed E-state index contributed by atoms with van der Waals surface area (Å²) < 4.78 is 69.2. The number of H-pyrrole nitrogens is 1. The Balaban J connectivity index is 1.44. The van der Waals surface area contributed by atoms with E-state index in [4.69, 9.17) is 23.2 Å². The zero-order chi connectivity index (χ0) is 33.4. The molecule has 9 nitrogen and oxygen atoms in total. The van der Waals surface area contributed by atoms with Crippen LogP contribution in [0.15, 0.2) is 38.8 Å². The summed E-state index contributed by atoms with van der Waals surface area (Å²) in [7, 11) is -3.79. The van der Waals surface area contributed by atoms with Gasteiger partial charge in [0, 0.05) is 37.1 Å². The van der Waals surface area contributed by atoms with Crippen LogP contribution in [-0.4, -0.2) is 53.7 Å². The second-order valence-electron chi connectivity index (χ2n) is 12.1. The Kier molecular flexibility index (Phi) is 10.3. The lowest BCUT2D eigenvalue weighted by molar-refractivity contribution is -0.138. The number of likely N-dealkylation sites (tertiary alicyclic amines) is 1. The van der Waals surface area contributed by atoms with Crippen molar-refractivity contribution in [2.45, 2.75) is 82.1 Å². The van der Waals surface area contributed by atoms with Crippen molar-refractivity contribution >= 4 is 49.8 Å². The van der Waals surface area contributed by atoms with Crippen LogP contribution in [-0.2, 0) is 33.9 Å². The van der Waals surface area contributed by atoms with E-state index in [1.807, 2.05) is 0 Å². The maximum Gasteiger partial charge on any atom is 0.416 e. The van der Waals surface area contributed by atoms with Gasteiger partial charge in [-0.25, -0.2) is 13.2 Å². The molecule has 5 rings (SSSR count). The van der Waals surface area contributed by atoms with Crippen molar-refractivity contribution in [3.8, 4) is 0 Å². The summed E-state index contributed by atoms with van der Waals surface area (Å²) in [5.74, 6) is 0.0490. The Labute approximate surface area is 274 Å². The number of hydrogen-bond donors (Lipinski definition) is 2. The van der Waals surface area contributed by atoms with Crippen LogP contribution in [0.2, 0.25) is 10.0 Å². The Hall–Kier alpha value is -2.87. The number of halogens is 5. The number of hydrogen-bond acceptors (Lipinski definition) is 6. The highest BCUT2D eigenvalue weighted by Crippen LogP contribution is 2.39. The van der Waals surface area contributed by atoms with Crippen LogP contribution in [0.5, 0.6) is 0 Å². The summed E-state index contributed by atoms with van der Waals surface area (Å²) in [5.41, 5.74) is -3.68. The molecule has 1 aliphatic heterocycles. The topological polar surface area (TPSA) is 121 Å². The van der Waals surface area contributed by atoms with Crippen molar-refractivity contribution in [1.29, 1.82) is 0 Å². The van der Waals surface area contributed by atoms with Gasteiger partial charge in [0.2, 0.25) is 5.91 Å². The van der Waals surface area contributed by atoms with Crippen LogP contribution in [0.4, 0.5) is 13.2 Å². The number of aromatic amines is 1. The zero-order valence-electron chi connectivity index (χ0n) is 25.2. The lowest BCUT2D eigenvalue weighted by Crippen LogP contribution is -2.38. The number of carbonyl (C=O) groups is 1. The summed E-state index contributed by atoms with van der Waals surface area (Å²) >= 11 is 12.6. The van der Waals surface area contributed by atoms with E-state index in [0.29, 0.717) is 42.5 Å². The minimum atomic E-state index is -4.89. The number of nitrogens with zero attached hydrogens (tertiary/aromatic N) is 2. The minimum absolute atomic E-state index is 0.0366. The SMILES string of the molecule is CCS(=O)(=O)c1ccc(Cl)cc1Cn1c(=O)[nH]c2c(Cl)c(CN3CCC(NC(=O)CC4CCCCC4)C3)c(C(F)(F)F)cc2c1=O. The molecule has 1 saturated heterocycles. The summed E-state index contributed by atoms with van der Waals surface area (Å²) in [4.78, 5) is 43.3. The second-order valence-corrected chi connectivity index (χ2v) is 15.2. The van der Waals surface area contributed by atoms with Crippen LogP contribution < -0.4 is 16.6 Å². The average molecular weight is 704 g/mol. The van der Waals surface area contributed by atoms with Crippen LogP contribution in [0.1, 0.15) is 68.6 Å². The fraction of sp³-hybridized carbons (Fsp3) is 0.516. The molecular weight excluding hydrogens is 668 g/mol. The normalized spacial score (nSPS) is 18.3. The van der Waals surface area contributed by atoms with Gasteiger partial charge in [-0.2, -0.15) is 13.2 Å². The lowest BCUT2D eigenvalue weighted by atomic mass is 9.87. The first-order chi connectivity index (χ1) is 21.7. The highest BCUT2D eigenvalue weighted by atomic mass is 35.5. The number of rotatable bonds is 9. The largest absolute Gasteiger partial charge is 0.416 e. The van der Waals surface area contributed by atoms with Crippen molar-refractivity contribution < 1.29 is 26.4 Å². The molecule has 46 heavy (non-hydrogen) atoms. The smallest absolute Gasteiger partial charge is 0.352 e. The molecule has 2 N–H and O–H groups in total. The standard InChI is InChI=1S/C31H35Cl2F3N4O5S/c1-2-46(44,45)25-9-8-20(32)13-19(25)15-40-29(42)22-14-24(31(34,35)36)23(27(33)28(22)38-30(40)43)17-39-11-10-21(16-39)37-26(41)12-18-6-4-3-5-7-18/h8-9,13-14,18,21H,2-7,10-12,15-17H2,1H3,(H,37,41)(H,38,43). The predicted octanol–water partition coefficient (Wildman–Crippen LogP) is 5.52. The van der Waals surface area contributed by atoms with Gasteiger partial charge in [-0.05, 0) is 60.6 Å². The fourth-order valence-corrected chi connectivity index (χ4v) is 8.12. The number of fused-ring (bicyclic) bond motifs is 1. The molecule has 1 amide bonds. The predicted molar refractivity (Wildman–Crippen MR) is 170 cm³/mol. The van der Waals surface area contributed by atoms with Gasteiger partial charge < -0.3 is 10.3 Å². The Morgan fingerprint density at radius 1 is 1.07 bits per heavy atom. The summed E-state index contributed by atoms with van der Waals surface area (Å²) in [6.45, 7) is 1.40. The van der Waals surface area contributed by atoms with Gasteiger partial charge in [-0.1, -0.05) is 49.4 Å². The highest BCUT2D eigenvalue weighted by Gasteiger charge is 2.37. The number of nitrogens with one attached hydrogen (secondary N) is 2. The molecule has 0 spiro atoms. The molecule has 1 aromatic heterocycles.